The van der Waals surface area contributed by atoms with Gasteiger partial charge in [0, 0.05) is 23.5 Å². The molecule has 2 aromatic rings. The molecule has 3 rings (SSSR count). The second-order valence-corrected chi connectivity index (χ2v) is 6.65. The zero-order chi connectivity index (χ0) is 17.4. The normalized spacial score (nSPS) is 15.1. The molecule has 126 valence electrons. The van der Waals surface area contributed by atoms with Crippen molar-refractivity contribution >= 4 is 17.3 Å². The zero-order valence-corrected chi connectivity index (χ0v) is 14.8. The molecule has 0 amide bonds. The molecule has 0 saturated heterocycles. The number of hydrogen-bond donors (Lipinski definition) is 1. The van der Waals surface area contributed by atoms with Gasteiger partial charge < -0.3 is 9.88 Å². The molecule has 0 radical (unpaired) electrons. The lowest BCUT2D eigenvalue weighted by Crippen LogP contribution is -2.42. The third kappa shape index (κ3) is 2.66. The summed E-state index contributed by atoms with van der Waals surface area (Å²) in [6.45, 7) is 8.07. The number of nitrogens with zero attached hydrogens (tertiary/aromatic N) is 1. The number of aryl methyl sites for hydroxylation is 2. The van der Waals surface area contributed by atoms with Crippen LogP contribution in [0.1, 0.15) is 57.9 Å². The number of aromatic amines is 1. The van der Waals surface area contributed by atoms with Crippen LogP contribution in [0.4, 0.5) is 5.69 Å². The van der Waals surface area contributed by atoms with Gasteiger partial charge in [-0.05, 0) is 57.7 Å². The van der Waals surface area contributed by atoms with Crippen LogP contribution >= 0.6 is 0 Å². The number of benzene rings is 1. The van der Waals surface area contributed by atoms with Crippen LogP contribution in [0.3, 0.4) is 0 Å². The number of nitrogens with one attached hydrogen (secondary N) is 1. The lowest BCUT2D eigenvalue weighted by atomic mass is 9.97. The number of H-pyrrole nitrogens is 1. The van der Waals surface area contributed by atoms with E-state index in [1.54, 1.807) is 6.92 Å². The van der Waals surface area contributed by atoms with Crippen LogP contribution in [-0.4, -0.2) is 29.1 Å². The molecule has 1 aromatic carbocycles. The molecule has 4 nitrogen and oxygen atoms in total. The van der Waals surface area contributed by atoms with E-state index in [9.17, 15) is 9.59 Å². The fourth-order valence-electron chi connectivity index (χ4n) is 3.84. The van der Waals surface area contributed by atoms with Crippen molar-refractivity contribution < 1.29 is 9.59 Å². The lowest BCUT2D eigenvalue weighted by Gasteiger charge is -2.35. The number of ketones is 2. The van der Waals surface area contributed by atoms with Crippen LogP contribution in [0.15, 0.2) is 24.3 Å². The molecule has 0 saturated carbocycles. The van der Waals surface area contributed by atoms with E-state index in [1.165, 1.54) is 5.56 Å². The Morgan fingerprint density at radius 3 is 2.58 bits per heavy atom. The summed E-state index contributed by atoms with van der Waals surface area (Å²) in [5, 5.41) is 0. The van der Waals surface area contributed by atoms with Crippen LogP contribution in [-0.2, 0) is 6.42 Å². The van der Waals surface area contributed by atoms with E-state index < -0.39 is 0 Å². The second kappa shape index (κ2) is 6.27. The van der Waals surface area contributed by atoms with Gasteiger partial charge in [-0.2, -0.15) is 0 Å². The lowest BCUT2D eigenvalue weighted by molar-refractivity contribution is 0.0958. The molecule has 0 unspecified atom stereocenters. The summed E-state index contributed by atoms with van der Waals surface area (Å²) in [5.41, 5.74) is 5.19. The predicted molar refractivity (Wildman–Crippen MR) is 96.2 cm³/mol. The predicted octanol–water partition coefficient (Wildman–Crippen LogP) is 3.86. The first-order chi connectivity index (χ1) is 11.4. The molecule has 0 aliphatic carbocycles. The Morgan fingerprint density at radius 2 is 1.92 bits per heavy atom. The van der Waals surface area contributed by atoms with Crippen molar-refractivity contribution in [2.75, 3.05) is 11.4 Å². The Hall–Kier alpha value is -2.36. The van der Waals surface area contributed by atoms with Gasteiger partial charge in [0.15, 0.2) is 5.78 Å². The van der Waals surface area contributed by atoms with Crippen molar-refractivity contribution in [2.45, 2.75) is 46.6 Å². The van der Waals surface area contributed by atoms with Crippen LogP contribution in [0.5, 0.6) is 0 Å². The van der Waals surface area contributed by atoms with Gasteiger partial charge in [-0.15, -0.1) is 0 Å². The van der Waals surface area contributed by atoms with E-state index in [1.807, 2.05) is 32.9 Å². The summed E-state index contributed by atoms with van der Waals surface area (Å²) in [6.07, 6.45) is 2.11. The van der Waals surface area contributed by atoms with Crippen LogP contribution in [0, 0.1) is 13.8 Å². The van der Waals surface area contributed by atoms with Gasteiger partial charge in [-0.25, -0.2) is 0 Å². The molecule has 0 spiro atoms. The average Bonchev–Trinajstić information content (AvgIpc) is 2.87. The number of carbonyl (C=O) groups excluding carboxylic acids is 2. The fourth-order valence-corrected chi connectivity index (χ4v) is 3.84. The number of fused-ring (bicyclic) bond motifs is 1. The Kier molecular flexibility index (Phi) is 4.31. The second-order valence-electron chi connectivity index (χ2n) is 6.65. The first-order valence-corrected chi connectivity index (χ1v) is 8.50. The van der Waals surface area contributed by atoms with E-state index in [2.05, 4.69) is 22.0 Å². The monoisotopic (exact) mass is 324 g/mol. The summed E-state index contributed by atoms with van der Waals surface area (Å²) < 4.78 is 0. The zero-order valence-electron chi connectivity index (χ0n) is 14.8. The molecular formula is C20H24N2O2. The maximum Gasteiger partial charge on any atom is 0.201 e. The average molecular weight is 324 g/mol. The van der Waals surface area contributed by atoms with E-state index in [0.717, 1.165) is 36.3 Å². The summed E-state index contributed by atoms with van der Waals surface area (Å²) >= 11 is 0. The molecule has 1 aliphatic rings. The van der Waals surface area contributed by atoms with Gasteiger partial charge in [0.25, 0.3) is 0 Å². The number of para-hydroxylation sites is 1. The van der Waals surface area contributed by atoms with Crippen molar-refractivity contribution in [3.63, 3.8) is 0 Å². The highest BCUT2D eigenvalue weighted by Crippen LogP contribution is 2.30. The summed E-state index contributed by atoms with van der Waals surface area (Å²) in [4.78, 5) is 30.2. The third-order valence-corrected chi connectivity index (χ3v) is 5.03. The highest BCUT2D eigenvalue weighted by Gasteiger charge is 2.29. The van der Waals surface area contributed by atoms with Gasteiger partial charge in [-0.1, -0.05) is 18.2 Å². The van der Waals surface area contributed by atoms with Crippen molar-refractivity contribution in [1.82, 2.24) is 4.98 Å². The van der Waals surface area contributed by atoms with Crippen LogP contribution in [0.2, 0.25) is 0 Å². The number of carbonyl (C=O) groups is 2. The Labute approximate surface area is 142 Å². The number of Topliss-reactive ketones (excluding diaryl/α,β-unsaturated/α-hetero) is 2. The SMILES string of the molecule is CC(=O)c1c(C)[nH]c(C(=O)[C@H](C)N2CCCc3ccccc32)c1C. The number of aromatic nitrogens is 1. The first-order valence-electron chi connectivity index (χ1n) is 8.50. The fraction of sp³-hybridized carbons (Fsp3) is 0.400. The Morgan fingerprint density at radius 1 is 1.21 bits per heavy atom. The first kappa shape index (κ1) is 16.5. The Balaban J connectivity index is 1.95. The van der Waals surface area contributed by atoms with Gasteiger partial charge >= 0.3 is 0 Å². The maximum absolute atomic E-state index is 13.1. The van der Waals surface area contributed by atoms with Gasteiger partial charge in [0.2, 0.25) is 5.78 Å². The van der Waals surface area contributed by atoms with E-state index in [-0.39, 0.29) is 17.6 Å². The van der Waals surface area contributed by atoms with Crippen LogP contribution in [0.25, 0.3) is 0 Å². The molecule has 4 heteroatoms. The smallest absolute Gasteiger partial charge is 0.201 e. The van der Waals surface area contributed by atoms with E-state index >= 15 is 0 Å². The molecule has 1 atom stereocenters. The quantitative estimate of drug-likeness (QED) is 0.869. The standard InChI is InChI=1S/C20H24N2O2/c1-12-18(15(4)23)13(2)21-19(12)20(24)14(3)22-11-7-9-16-8-5-6-10-17(16)22/h5-6,8,10,14,21H,7,9,11H2,1-4H3/t14-/m0/s1. The molecule has 1 aromatic heterocycles. The largest absolute Gasteiger partial charge is 0.361 e. The van der Waals surface area contributed by atoms with Crippen molar-refractivity contribution in [3.05, 3.63) is 52.3 Å². The van der Waals surface area contributed by atoms with Gasteiger partial charge in [0.05, 0.1) is 11.7 Å². The maximum atomic E-state index is 13.1. The molecule has 1 aliphatic heterocycles. The highest BCUT2D eigenvalue weighted by atomic mass is 16.1. The third-order valence-electron chi connectivity index (χ3n) is 5.03. The molecule has 0 bridgehead atoms. The number of hydrogen-bond acceptors (Lipinski definition) is 3. The minimum atomic E-state index is -0.261. The highest BCUT2D eigenvalue weighted by molar-refractivity contribution is 6.06. The van der Waals surface area contributed by atoms with Crippen molar-refractivity contribution in [2.24, 2.45) is 0 Å². The number of anilines is 1. The number of rotatable bonds is 4. The minimum Gasteiger partial charge on any atom is -0.361 e. The van der Waals surface area contributed by atoms with Crippen molar-refractivity contribution in [1.29, 1.82) is 0 Å². The molecule has 1 N–H and O–H groups in total. The molecule has 24 heavy (non-hydrogen) atoms. The summed E-state index contributed by atoms with van der Waals surface area (Å²) in [5.74, 6) is 0.0380. The van der Waals surface area contributed by atoms with Gasteiger partial charge in [-0.3, -0.25) is 9.59 Å². The van der Waals surface area contributed by atoms with E-state index in [4.69, 9.17) is 0 Å². The molecule has 2 heterocycles. The molecule has 0 fully saturated rings. The Bertz CT molecular complexity index is 804. The minimum absolute atomic E-state index is 0.00345. The topological polar surface area (TPSA) is 53.2 Å². The van der Waals surface area contributed by atoms with Crippen LogP contribution < -0.4 is 4.90 Å². The van der Waals surface area contributed by atoms with E-state index in [0.29, 0.717) is 11.3 Å². The summed E-state index contributed by atoms with van der Waals surface area (Å²) in [6, 6.07) is 8.03. The van der Waals surface area contributed by atoms with Gasteiger partial charge in [0.1, 0.15) is 0 Å². The molecular weight excluding hydrogens is 300 g/mol. The summed E-state index contributed by atoms with van der Waals surface area (Å²) in [7, 11) is 0. The van der Waals surface area contributed by atoms with Crippen molar-refractivity contribution in [3.8, 4) is 0 Å².